The zero-order valence-electron chi connectivity index (χ0n) is 35.9. The molecule has 0 spiro atoms. The number of methoxy groups -OCH3 is 1. The number of carboxylic acid groups (broad SMARTS) is 1. The number of rotatable bonds is 12. The molecule has 2 heterocycles. The van der Waals surface area contributed by atoms with Gasteiger partial charge in [-0.2, -0.15) is 0 Å². The van der Waals surface area contributed by atoms with E-state index in [-0.39, 0.29) is 29.9 Å². The Hall–Kier alpha value is -7.68. The van der Waals surface area contributed by atoms with Crippen LogP contribution in [0.15, 0.2) is 133 Å². The molecule has 0 saturated carbocycles. The highest BCUT2D eigenvalue weighted by Gasteiger charge is 2.20. The molecule has 10 nitrogen and oxygen atoms in total. The van der Waals surface area contributed by atoms with Crippen LogP contribution in [0.5, 0.6) is 11.5 Å². The molecule has 0 saturated heterocycles. The molecule has 67 heavy (non-hydrogen) atoms. The molecule has 0 aliphatic rings. The number of esters is 1. The summed E-state index contributed by atoms with van der Waals surface area (Å²) in [5.41, 5.74) is 18.6. The molecule has 2 aromatic heterocycles. The van der Waals surface area contributed by atoms with Crippen molar-refractivity contribution in [1.29, 1.82) is 0 Å². The van der Waals surface area contributed by atoms with Crippen molar-refractivity contribution in [2.24, 2.45) is 0 Å². The van der Waals surface area contributed by atoms with Crippen molar-refractivity contribution in [3.8, 4) is 45.4 Å². The number of benzene rings is 6. The summed E-state index contributed by atoms with van der Waals surface area (Å²) < 4.78 is 75.7. The van der Waals surface area contributed by atoms with Crippen molar-refractivity contribution in [3.05, 3.63) is 200 Å². The number of hydrogen-bond acceptors (Lipinski definition) is 7. The van der Waals surface area contributed by atoms with Crippen molar-refractivity contribution in [2.45, 2.75) is 27.1 Å². The van der Waals surface area contributed by atoms with Crippen molar-refractivity contribution in [2.75, 3.05) is 18.6 Å². The van der Waals surface area contributed by atoms with Gasteiger partial charge in [-0.05, 0) is 123 Å². The molecule has 8 aromatic rings. The molecular formula is C51H40Cl2F4N4O6. The minimum Gasteiger partial charge on any atom is -0.488 e. The van der Waals surface area contributed by atoms with Crippen LogP contribution in [0.3, 0.4) is 0 Å². The normalized spacial score (nSPS) is 10.9. The van der Waals surface area contributed by atoms with E-state index in [4.69, 9.17) is 48.9 Å². The number of carboxylic acids is 1. The number of carbonyl (C=O) groups is 2. The van der Waals surface area contributed by atoms with Gasteiger partial charge in [-0.15, -0.1) is 0 Å². The van der Waals surface area contributed by atoms with E-state index in [2.05, 4.69) is 0 Å². The maximum Gasteiger partial charge on any atom is 0.337 e. The van der Waals surface area contributed by atoms with E-state index in [0.29, 0.717) is 72.4 Å². The van der Waals surface area contributed by atoms with Crippen LogP contribution in [0.1, 0.15) is 43.2 Å². The number of nitrogen functional groups attached to an aromatic ring is 2. The third-order valence-electron chi connectivity index (χ3n) is 10.5. The topological polar surface area (TPSA) is 144 Å². The quantitative estimate of drug-likeness (QED) is 0.0624. The SMILES string of the molecule is COC(=O)c1cc(N)cc(-n2c(C)ccc2-c2cc(Cl)ccc2OCc2cccc(F)c2F)c1.Cc1ccc(-c2cc(Cl)ccc2OCc2cccc(F)c2F)n1-c1cc(N)cc(C(=O)O)c1. The van der Waals surface area contributed by atoms with Gasteiger partial charge in [-0.25, -0.2) is 27.2 Å². The molecule has 0 atom stereocenters. The Kier molecular flexibility index (Phi) is 14.3. The summed E-state index contributed by atoms with van der Waals surface area (Å²) >= 11 is 12.5. The minimum atomic E-state index is -1.10. The molecule has 8 rings (SSSR count). The third kappa shape index (κ3) is 10.6. The molecule has 0 unspecified atom stereocenters. The van der Waals surface area contributed by atoms with E-state index in [1.54, 1.807) is 54.6 Å². The highest BCUT2D eigenvalue weighted by Crippen LogP contribution is 2.38. The van der Waals surface area contributed by atoms with Crippen LogP contribution >= 0.6 is 23.2 Å². The predicted octanol–water partition coefficient (Wildman–Crippen LogP) is 12.6. The second kappa shape index (κ2) is 20.2. The highest BCUT2D eigenvalue weighted by atomic mass is 35.5. The average molecular weight is 952 g/mol. The number of anilines is 2. The number of nitrogens with zero attached hydrogens (tertiary/aromatic N) is 2. The zero-order valence-corrected chi connectivity index (χ0v) is 37.4. The molecule has 0 aliphatic carbocycles. The van der Waals surface area contributed by atoms with Gasteiger partial charge in [0.05, 0.1) is 29.6 Å². The first-order valence-electron chi connectivity index (χ1n) is 20.2. The summed E-state index contributed by atoms with van der Waals surface area (Å²) in [5.74, 6) is -4.60. The summed E-state index contributed by atoms with van der Waals surface area (Å²) in [4.78, 5) is 23.6. The molecule has 16 heteroatoms. The largest absolute Gasteiger partial charge is 0.488 e. The Labute approximate surface area is 392 Å². The van der Waals surface area contributed by atoms with Crippen LogP contribution in [0.4, 0.5) is 28.9 Å². The van der Waals surface area contributed by atoms with E-state index in [1.165, 1.54) is 49.6 Å². The van der Waals surface area contributed by atoms with Crippen LogP contribution in [-0.2, 0) is 18.0 Å². The number of aryl methyl sites for hydroxylation is 2. The Morgan fingerprint density at radius 2 is 1.01 bits per heavy atom. The fourth-order valence-corrected chi connectivity index (χ4v) is 7.70. The van der Waals surface area contributed by atoms with Crippen LogP contribution < -0.4 is 20.9 Å². The van der Waals surface area contributed by atoms with Crippen LogP contribution in [-0.4, -0.2) is 33.3 Å². The molecule has 0 radical (unpaired) electrons. The number of nitrogens with two attached hydrogens (primary N) is 2. The van der Waals surface area contributed by atoms with Crippen LogP contribution in [0.2, 0.25) is 10.0 Å². The van der Waals surface area contributed by atoms with Gasteiger partial charge in [0.25, 0.3) is 0 Å². The fraction of sp³-hybridized carbons (Fsp3) is 0.0980. The van der Waals surface area contributed by atoms with Crippen molar-refractivity contribution >= 4 is 46.5 Å². The number of aromatic carboxylic acids is 1. The van der Waals surface area contributed by atoms with E-state index >= 15 is 0 Å². The highest BCUT2D eigenvalue weighted by molar-refractivity contribution is 6.31. The number of hydrogen-bond donors (Lipinski definition) is 3. The lowest BCUT2D eigenvalue weighted by molar-refractivity contribution is 0.0599. The number of carbonyl (C=O) groups excluding carboxylic acids is 1. The molecule has 342 valence electrons. The van der Waals surface area contributed by atoms with Gasteiger partial charge in [-0.3, -0.25) is 0 Å². The molecular weight excluding hydrogens is 911 g/mol. The second-order valence-electron chi connectivity index (χ2n) is 15.1. The molecule has 0 aliphatic heterocycles. The number of halogens is 6. The van der Waals surface area contributed by atoms with Gasteiger partial charge in [0.1, 0.15) is 24.7 Å². The van der Waals surface area contributed by atoms with Crippen molar-refractivity contribution in [3.63, 3.8) is 0 Å². The molecule has 0 amide bonds. The number of aromatic nitrogens is 2. The van der Waals surface area contributed by atoms with E-state index in [9.17, 15) is 32.3 Å². The standard InChI is InChI=1S/C26H21ClF2N2O3.C25H19ClF2N2O3/c1-15-6-8-23(31(15)20-11-17(26(32)33-2)10-19(30)13-20)21-12-18(27)7-9-24(21)34-14-16-4-3-5-22(28)25(16)29;1-14-5-7-22(30(14)19-10-16(25(31)32)9-18(29)12-19)20-11-17(26)6-8-23(20)33-13-15-3-2-4-21(27)24(15)28/h3-13H,14,30H2,1-2H3;2-12H,13,29H2,1H3,(H,31,32). The Bertz CT molecular complexity index is 3170. The van der Waals surface area contributed by atoms with E-state index in [1.807, 2.05) is 47.2 Å². The smallest absolute Gasteiger partial charge is 0.337 e. The summed E-state index contributed by atoms with van der Waals surface area (Å²) in [6.45, 7) is 3.39. The molecule has 0 fully saturated rings. The first-order valence-corrected chi connectivity index (χ1v) is 21.0. The maximum absolute atomic E-state index is 14.1. The monoisotopic (exact) mass is 950 g/mol. The van der Waals surface area contributed by atoms with Gasteiger partial charge in [0, 0.05) is 66.4 Å². The summed E-state index contributed by atoms with van der Waals surface area (Å²) in [6, 6.07) is 34.8. The van der Waals surface area contributed by atoms with Gasteiger partial charge >= 0.3 is 11.9 Å². The first-order chi connectivity index (χ1) is 32.0. The summed E-state index contributed by atoms with van der Waals surface area (Å²) in [6.07, 6.45) is 0. The maximum atomic E-state index is 14.1. The van der Waals surface area contributed by atoms with Gasteiger partial charge in [-0.1, -0.05) is 47.5 Å². The average Bonchev–Trinajstić information content (AvgIpc) is 3.89. The van der Waals surface area contributed by atoms with Crippen LogP contribution in [0.25, 0.3) is 33.9 Å². The zero-order chi connectivity index (χ0) is 48.1. The van der Waals surface area contributed by atoms with Crippen LogP contribution in [0, 0.1) is 37.1 Å². The molecule has 5 N–H and O–H groups in total. The minimum absolute atomic E-state index is 0.0493. The first kappa shape index (κ1) is 47.3. The summed E-state index contributed by atoms with van der Waals surface area (Å²) in [5, 5.41) is 10.3. The Balaban J connectivity index is 0.000000199. The third-order valence-corrected chi connectivity index (χ3v) is 11.0. The predicted molar refractivity (Wildman–Crippen MR) is 250 cm³/mol. The molecule has 6 aromatic carbocycles. The van der Waals surface area contributed by atoms with E-state index < -0.39 is 35.2 Å². The Morgan fingerprint density at radius 1 is 0.582 bits per heavy atom. The lowest BCUT2D eigenvalue weighted by atomic mass is 10.1. The van der Waals surface area contributed by atoms with Crippen molar-refractivity contribution < 1.29 is 46.5 Å². The molecule has 0 bridgehead atoms. The fourth-order valence-electron chi connectivity index (χ4n) is 7.36. The van der Waals surface area contributed by atoms with Gasteiger partial charge in [0.2, 0.25) is 0 Å². The summed E-state index contributed by atoms with van der Waals surface area (Å²) in [7, 11) is 1.30. The van der Waals surface area contributed by atoms with Crippen molar-refractivity contribution in [1.82, 2.24) is 9.13 Å². The second-order valence-corrected chi connectivity index (χ2v) is 16.0. The lowest BCUT2D eigenvalue weighted by Gasteiger charge is -2.17. The van der Waals surface area contributed by atoms with Gasteiger partial charge in [0.15, 0.2) is 23.3 Å². The Morgan fingerprint density at radius 3 is 1.45 bits per heavy atom. The lowest BCUT2D eigenvalue weighted by Crippen LogP contribution is -2.07. The van der Waals surface area contributed by atoms with E-state index in [0.717, 1.165) is 23.5 Å². The van der Waals surface area contributed by atoms with Gasteiger partial charge < -0.3 is 39.9 Å². The number of ether oxygens (including phenoxy) is 3.